The van der Waals surface area contributed by atoms with Crippen molar-refractivity contribution in [1.82, 2.24) is 24.7 Å². The third-order valence-electron chi connectivity index (χ3n) is 5.94. The molecule has 170 valence electrons. The van der Waals surface area contributed by atoms with E-state index in [2.05, 4.69) is 20.0 Å². The number of aromatic nitrogens is 5. The minimum Gasteiger partial charge on any atom is -0.357 e. The lowest BCUT2D eigenvalue weighted by molar-refractivity contribution is -0.139. The SMILES string of the molecule is CCC(CC(F)(F)F)c1nc(-c2cccc(N3CCCC3)n2)nn1C(C)c1ccncc1. The average molecular weight is 445 g/mol. The van der Waals surface area contributed by atoms with Gasteiger partial charge in [0, 0.05) is 31.4 Å². The molecule has 6 nitrogen and oxygen atoms in total. The normalized spacial score (nSPS) is 16.3. The topological polar surface area (TPSA) is 59.7 Å². The van der Waals surface area contributed by atoms with Crippen molar-refractivity contribution in [3.05, 3.63) is 54.1 Å². The van der Waals surface area contributed by atoms with Crippen molar-refractivity contribution in [3.63, 3.8) is 0 Å². The van der Waals surface area contributed by atoms with Crippen LogP contribution in [0.15, 0.2) is 42.7 Å². The van der Waals surface area contributed by atoms with Crippen LogP contribution in [0.5, 0.6) is 0 Å². The molecule has 1 aliphatic rings. The molecule has 0 saturated carbocycles. The van der Waals surface area contributed by atoms with E-state index in [4.69, 9.17) is 4.98 Å². The van der Waals surface area contributed by atoms with Crippen molar-refractivity contribution in [1.29, 1.82) is 0 Å². The highest BCUT2D eigenvalue weighted by Gasteiger charge is 2.35. The van der Waals surface area contributed by atoms with Crippen LogP contribution >= 0.6 is 0 Å². The summed E-state index contributed by atoms with van der Waals surface area (Å²) in [4.78, 5) is 15.6. The number of nitrogens with zero attached hydrogens (tertiary/aromatic N) is 6. The van der Waals surface area contributed by atoms with E-state index in [0.29, 0.717) is 23.8 Å². The van der Waals surface area contributed by atoms with Gasteiger partial charge >= 0.3 is 6.18 Å². The van der Waals surface area contributed by atoms with Crippen LogP contribution in [0.1, 0.15) is 62.9 Å². The second-order valence-electron chi connectivity index (χ2n) is 8.19. The third kappa shape index (κ3) is 4.92. The van der Waals surface area contributed by atoms with Crippen LogP contribution in [0.2, 0.25) is 0 Å². The van der Waals surface area contributed by atoms with E-state index in [0.717, 1.165) is 37.3 Å². The van der Waals surface area contributed by atoms with Gasteiger partial charge < -0.3 is 4.90 Å². The highest BCUT2D eigenvalue weighted by Crippen LogP contribution is 2.35. The van der Waals surface area contributed by atoms with E-state index in [1.807, 2.05) is 37.3 Å². The summed E-state index contributed by atoms with van der Waals surface area (Å²) in [6, 6.07) is 9.04. The van der Waals surface area contributed by atoms with Gasteiger partial charge in [-0.3, -0.25) is 4.98 Å². The molecule has 0 spiro atoms. The molecule has 0 radical (unpaired) electrons. The summed E-state index contributed by atoms with van der Waals surface area (Å²) < 4.78 is 41.5. The van der Waals surface area contributed by atoms with E-state index in [9.17, 15) is 13.2 Å². The molecule has 0 aliphatic carbocycles. The van der Waals surface area contributed by atoms with Gasteiger partial charge in [0.25, 0.3) is 0 Å². The summed E-state index contributed by atoms with van der Waals surface area (Å²) in [6.45, 7) is 5.56. The Morgan fingerprint density at radius 3 is 2.41 bits per heavy atom. The highest BCUT2D eigenvalue weighted by atomic mass is 19.4. The molecule has 3 aromatic rings. The monoisotopic (exact) mass is 444 g/mol. The molecule has 4 rings (SSSR count). The van der Waals surface area contributed by atoms with Crippen LogP contribution in [0, 0.1) is 0 Å². The molecule has 2 unspecified atom stereocenters. The zero-order valence-corrected chi connectivity index (χ0v) is 18.3. The van der Waals surface area contributed by atoms with Gasteiger partial charge in [0.05, 0.1) is 12.5 Å². The number of halogens is 3. The second kappa shape index (κ2) is 9.26. The number of alkyl halides is 3. The van der Waals surface area contributed by atoms with Crippen molar-refractivity contribution in [3.8, 4) is 11.5 Å². The molecule has 0 aromatic carbocycles. The fourth-order valence-electron chi connectivity index (χ4n) is 4.16. The maximum absolute atomic E-state index is 13.3. The van der Waals surface area contributed by atoms with E-state index in [1.54, 1.807) is 24.0 Å². The third-order valence-corrected chi connectivity index (χ3v) is 5.94. The van der Waals surface area contributed by atoms with E-state index >= 15 is 0 Å². The van der Waals surface area contributed by atoms with Gasteiger partial charge in [-0.05, 0) is 56.0 Å². The largest absolute Gasteiger partial charge is 0.389 e. The Morgan fingerprint density at radius 1 is 1.03 bits per heavy atom. The highest BCUT2D eigenvalue weighted by molar-refractivity contribution is 5.54. The quantitative estimate of drug-likeness (QED) is 0.489. The molecule has 9 heteroatoms. The summed E-state index contributed by atoms with van der Waals surface area (Å²) >= 11 is 0. The van der Waals surface area contributed by atoms with Crippen molar-refractivity contribution >= 4 is 5.82 Å². The smallest absolute Gasteiger partial charge is 0.357 e. The van der Waals surface area contributed by atoms with Crippen molar-refractivity contribution in [2.45, 2.75) is 57.7 Å². The molecular formula is C23H27F3N6. The molecule has 1 aliphatic heterocycles. The Bertz CT molecular complexity index is 1030. The number of pyridine rings is 2. The Kier molecular flexibility index (Phi) is 6.43. The minimum atomic E-state index is -4.29. The molecule has 0 bridgehead atoms. The van der Waals surface area contributed by atoms with Crippen LogP contribution in [-0.2, 0) is 0 Å². The first-order valence-electron chi connectivity index (χ1n) is 11.0. The van der Waals surface area contributed by atoms with Gasteiger partial charge in [-0.25, -0.2) is 14.6 Å². The number of anilines is 1. The molecule has 1 saturated heterocycles. The Hall–Kier alpha value is -2.97. The van der Waals surface area contributed by atoms with Gasteiger partial charge in [0.2, 0.25) is 0 Å². The number of hydrogen-bond acceptors (Lipinski definition) is 5. The van der Waals surface area contributed by atoms with Crippen LogP contribution in [0.25, 0.3) is 11.5 Å². The predicted molar refractivity (Wildman–Crippen MR) is 116 cm³/mol. The van der Waals surface area contributed by atoms with Crippen molar-refractivity contribution in [2.75, 3.05) is 18.0 Å². The molecular weight excluding hydrogens is 417 g/mol. The van der Waals surface area contributed by atoms with Gasteiger partial charge in [-0.2, -0.15) is 13.2 Å². The van der Waals surface area contributed by atoms with Crippen molar-refractivity contribution in [2.24, 2.45) is 0 Å². The summed E-state index contributed by atoms with van der Waals surface area (Å²) in [5.74, 6) is 0.741. The molecule has 0 amide bonds. The van der Waals surface area contributed by atoms with Gasteiger partial charge in [-0.15, -0.1) is 5.10 Å². The summed E-state index contributed by atoms with van der Waals surface area (Å²) in [5.41, 5.74) is 1.47. The minimum absolute atomic E-state index is 0.293. The lowest BCUT2D eigenvalue weighted by Gasteiger charge is -2.20. The zero-order chi connectivity index (χ0) is 22.7. The Balaban J connectivity index is 1.76. The van der Waals surface area contributed by atoms with E-state index < -0.39 is 18.5 Å². The molecule has 1 fully saturated rings. The van der Waals surface area contributed by atoms with E-state index in [1.165, 1.54) is 0 Å². The fourth-order valence-corrected chi connectivity index (χ4v) is 4.16. The first kappa shape index (κ1) is 22.2. The van der Waals surface area contributed by atoms with Crippen LogP contribution in [0.3, 0.4) is 0 Å². The van der Waals surface area contributed by atoms with Gasteiger partial charge in [0.1, 0.15) is 17.3 Å². The molecule has 4 heterocycles. The number of hydrogen-bond donors (Lipinski definition) is 0. The maximum atomic E-state index is 13.3. The molecule has 32 heavy (non-hydrogen) atoms. The lowest BCUT2D eigenvalue weighted by atomic mass is 10.0. The number of rotatable bonds is 7. The Morgan fingerprint density at radius 2 is 1.75 bits per heavy atom. The predicted octanol–water partition coefficient (Wildman–Crippen LogP) is 5.39. The first-order valence-corrected chi connectivity index (χ1v) is 11.0. The molecule has 3 aromatic heterocycles. The summed E-state index contributed by atoms with van der Waals surface area (Å²) in [6.07, 6.45) is 0.665. The van der Waals surface area contributed by atoms with Crippen LogP contribution < -0.4 is 4.90 Å². The fraction of sp³-hybridized carbons (Fsp3) is 0.478. The van der Waals surface area contributed by atoms with E-state index in [-0.39, 0.29) is 6.04 Å². The Labute approximate surface area is 185 Å². The first-order chi connectivity index (χ1) is 15.4. The average Bonchev–Trinajstić information content (AvgIpc) is 3.48. The van der Waals surface area contributed by atoms with Crippen LogP contribution in [-0.4, -0.2) is 44.0 Å². The summed E-state index contributed by atoms with van der Waals surface area (Å²) in [5, 5.41) is 4.66. The molecule has 0 N–H and O–H groups in total. The lowest BCUT2D eigenvalue weighted by Crippen LogP contribution is -2.20. The summed E-state index contributed by atoms with van der Waals surface area (Å²) in [7, 11) is 0. The maximum Gasteiger partial charge on any atom is 0.389 e. The van der Waals surface area contributed by atoms with Gasteiger partial charge in [-0.1, -0.05) is 13.0 Å². The standard InChI is InChI=1S/C23H27F3N6/c1-3-17(15-23(24,25)26)22-29-21(30-32(22)16(2)18-9-11-27-12-10-18)19-7-6-8-20(28-19)31-13-4-5-14-31/h6-12,16-17H,3-5,13-15H2,1-2H3. The van der Waals surface area contributed by atoms with Crippen LogP contribution in [0.4, 0.5) is 19.0 Å². The van der Waals surface area contributed by atoms with Gasteiger partial charge in [0.15, 0.2) is 5.82 Å². The molecule has 2 atom stereocenters. The zero-order valence-electron chi connectivity index (χ0n) is 18.3. The second-order valence-corrected chi connectivity index (χ2v) is 8.19. The van der Waals surface area contributed by atoms with Crippen molar-refractivity contribution < 1.29 is 13.2 Å².